The van der Waals surface area contributed by atoms with Gasteiger partial charge in [0.1, 0.15) is 30.7 Å². The van der Waals surface area contributed by atoms with Crippen LogP contribution in [-0.4, -0.2) is 91.3 Å². The van der Waals surface area contributed by atoms with Gasteiger partial charge in [-0.3, -0.25) is 20.2 Å². The number of aliphatic hydroxyl groups excluding tert-OH is 4. The van der Waals surface area contributed by atoms with Crippen LogP contribution in [0.5, 0.6) is 5.75 Å². The van der Waals surface area contributed by atoms with E-state index >= 15 is 0 Å². The predicted octanol–water partition coefficient (Wildman–Crippen LogP) is -0.128. The highest BCUT2D eigenvalue weighted by Crippen LogP contribution is 2.35. The number of carboxylic acid groups (broad SMARTS) is 1. The van der Waals surface area contributed by atoms with Crippen molar-refractivity contribution in [2.45, 2.75) is 56.2 Å². The number of non-ortho nitro benzene ring substituents is 1. The Morgan fingerprint density at radius 1 is 1.15 bits per heavy atom. The molecule has 16 nitrogen and oxygen atoms in total. The highest BCUT2D eigenvalue weighted by molar-refractivity contribution is 5.84. The maximum Gasteiger partial charge on any atom is 0.411 e. The zero-order valence-corrected chi connectivity index (χ0v) is 21.6. The SMILES string of the molecule is CC(=O)N[C@H]1[C@H]([C@H](O)[C@H](O)CO)OC(Oc2ccc(COC(=O)Nc3ccc([N+](=O)[O-])cc3)cc2)(C(=O)O)C[C@@H]1O. The third-order valence-corrected chi connectivity index (χ3v) is 6.09. The molecule has 6 atom stereocenters. The van der Waals surface area contributed by atoms with Crippen LogP contribution >= 0.6 is 0 Å². The summed E-state index contributed by atoms with van der Waals surface area (Å²) in [6, 6.07) is 9.33. The number of nitrogens with one attached hydrogen (secondary N) is 2. The summed E-state index contributed by atoms with van der Waals surface area (Å²) < 4.78 is 16.3. The minimum atomic E-state index is -2.56. The van der Waals surface area contributed by atoms with Crippen LogP contribution in [-0.2, 0) is 25.7 Å². The second-order valence-corrected chi connectivity index (χ2v) is 9.13. The van der Waals surface area contributed by atoms with Crippen molar-refractivity contribution in [3.63, 3.8) is 0 Å². The summed E-state index contributed by atoms with van der Waals surface area (Å²) in [7, 11) is 0. The highest BCUT2D eigenvalue weighted by Gasteiger charge is 2.56. The van der Waals surface area contributed by atoms with E-state index in [-0.39, 0.29) is 23.7 Å². The second-order valence-electron chi connectivity index (χ2n) is 9.13. The number of carbonyl (C=O) groups is 3. The van der Waals surface area contributed by atoms with Crippen molar-refractivity contribution >= 4 is 29.3 Å². The number of nitrogens with zero attached hydrogens (tertiary/aromatic N) is 1. The van der Waals surface area contributed by atoms with Gasteiger partial charge in [-0.2, -0.15) is 0 Å². The van der Waals surface area contributed by atoms with Gasteiger partial charge in [0.25, 0.3) is 5.69 Å². The van der Waals surface area contributed by atoms with Crippen LogP contribution in [0.15, 0.2) is 48.5 Å². The lowest BCUT2D eigenvalue weighted by molar-refractivity contribution is -0.384. The number of carbonyl (C=O) groups excluding carboxylic acids is 2. The number of hydrogen-bond acceptors (Lipinski definition) is 12. The molecule has 1 heterocycles. The number of aliphatic hydroxyl groups is 4. The van der Waals surface area contributed by atoms with Gasteiger partial charge in [0.15, 0.2) is 0 Å². The van der Waals surface area contributed by atoms with Crippen LogP contribution in [0.4, 0.5) is 16.2 Å². The van der Waals surface area contributed by atoms with Gasteiger partial charge in [0.05, 0.1) is 30.1 Å². The fourth-order valence-corrected chi connectivity index (χ4v) is 4.05. The molecule has 1 aliphatic rings. The maximum atomic E-state index is 12.3. The van der Waals surface area contributed by atoms with E-state index in [9.17, 15) is 50.0 Å². The summed E-state index contributed by atoms with van der Waals surface area (Å²) in [5, 5.41) is 65.7. The van der Waals surface area contributed by atoms with Crippen molar-refractivity contribution in [3.8, 4) is 5.75 Å². The topological polar surface area (TPSA) is 247 Å². The smallest absolute Gasteiger partial charge is 0.411 e. The number of carboxylic acids is 1. The van der Waals surface area contributed by atoms with E-state index < -0.39 is 72.2 Å². The first-order valence-electron chi connectivity index (χ1n) is 12.1. The first-order chi connectivity index (χ1) is 19.3. The Hall–Kier alpha value is -4.35. The molecule has 2 aromatic carbocycles. The number of nitro groups is 1. The summed E-state index contributed by atoms with van der Waals surface area (Å²) in [6.07, 6.45) is -8.51. The van der Waals surface area contributed by atoms with E-state index in [1.165, 1.54) is 48.5 Å². The normalized spacial score (nSPS) is 23.5. The zero-order valence-electron chi connectivity index (χ0n) is 21.6. The lowest BCUT2D eigenvalue weighted by Crippen LogP contribution is -2.68. The van der Waals surface area contributed by atoms with Crippen molar-refractivity contribution in [3.05, 3.63) is 64.2 Å². The predicted molar refractivity (Wildman–Crippen MR) is 137 cm³/mol. The van der Waals surface area contributed by atoms with Crippen LogP contribution in [0.2, 0.25) is 0 Å². The number of nitro benzene ring substituents is 1. The molecule has 1 saturated heterocycles. The number of ether oxygens (including phenoxy) is 3. The monoisotopic (exact) mass is 579 g/mol. The molecule has 222 valence electrons. The van der Waals surface area contributed by atoms with Gasteiger partial charge >= 0.3 is 17.8 Å². The third kappa shape index (κ3) is 7.86. The number of aliphatic carboxylic acids is 1. The van der Waals surface area contributed by atoms with Gasteiger partial charge in [-0.25, -0.2) is 9.59 Å². The highest BCUT2D eigenvalue weighted by atomic mass is 16.7. The van der Waals surface area contributed by atoms with E-state index in [1.807, 2.05) is 0 Å². The lowest BCUT2D eigenvalue weighted by Gasteiger charge is -2.46. The molecule has 2 aromatic rings. The van der Waals surface area contributed by atoms with Crippen LogP contribution in [0, 0.1) is 10.1 Å². The van der Waals surface area contributed by atoms with Crippen molar-refractivity contribution < 1.29 is 59.1 Å². The summed E-state index contributed by atoms with van der Waals surface area (Å²) in [5.41, 5.74) is 0.593. The molecule has 1 fully saturated rings. The summed E-state index contributed by atoms with van der Waals surface area (Å²) in [5.74, 6) is -4.91. The van der Waals surface area contributed by atoms with E-state index in [2.05, 4.69) is 10.6 Å². The van der Waals surface area contributed by atoms with Crippen molar-refractivity contribution in [1.82, 2.24) is 5.32 Å². The standard InChI is InChI=1S/C25H29N3O13/c1-13(30)26-20-18(31)10-25(23(34)35,41-22(20)21(33)19(32)11-29)40-17-8-2-14(3-9-17)12-39-24(36)27-15-4-6-16(7-5-15)28(37)38/h2-9,18-22,29,31-33H,10-12H2,1H3,(H,26,30)(H,27,36)(H,34,35)/t18-,19+,20+,21+,22+,25?/m0/s1. The minimum absolute atomic E-state index is 0.0485. The zero-order chi connectivity index (χ0) is 30.3. The molecule has 41 heavy (non-hydrogen) atoms. The molecule has 0 aromatic heterocycles. The number of anilines is 1. The molecule has 0 bridgehead atoms. The Bertz CT molecular complexity index is 1240. The third-order valence-electron chi connectivity index (χ3n) is 6.09. The average Bonchev–Trinajstić information content (AvgIpc) is 2.93. The molecular formula is C25H29N3O13. The van der Waals surface area contributed by atoms with E-state index in [0.717, 1.165) is 6.92 Å². The van der Waals surface area contributed by atoms with E-state index in [4.69, 9.17) is 14.2 Å². The molecule has 1 aliphatic heterocycles. The fraction of sp³-hybridized carbons (Fsp3) is 0.400. The minimum Gasteiger partial charge on any atom is -0.476 e. The van der Waals surface area contributed by atoms with Crippen molar-refractivity contribution in [2.75, 3.05) is 11.9 Å². The van der Waals surface area contributed by atoms with Crippen LogP contribution < -0.4 is 15.4 Å². The Morgan fingerprint density at radius 2 is 1.78 bits per heavy atom. The number of hydrogen-bond donors (Lipinski definition) is 7. The van der Waals surface area contributed by atoms with Gasteiger partial charge in [0, 0.05) is 24.7 Å². The first-order valence-corrected chi connectivity index (χ1v) is 12.1. The number of rotatable bonds is 11. The number of amides is 2. The lowest BCUT2D eigenvalue weighted by atomic mass is 9.88. The van der Waals surface area contributed by atoms with Gasteiger partial charge in [-0.15, -0.1) is 0 Å². The van der Waals surface area contributed by atoms with Crippen LogP contribution in [0.25, 0.3) is 0 Å². The Labute approximate surface area is 232 Å². The van der Waals surface area contributed by atoms with E-state index in [0.29, 0.717) is 5.56 Å². The van der Waals surface area contributed by atoms with E-state index in [1.54, 1.807) is 0 Å². The molecule has 2 amide bonds. The molecule has 1 unspecified atom stereocenters. The molecular weight excluding hydrogens is 550 g/mol. The Balaban J connectivity index is 1.68. The Morgan fingerprint density at radius 3 is 2.32 bits per heavy atom. The molecule has 0 radical (unpaired) electrons. The fourth-order valence-electron chi connectivity index (χ4n) is 4.05. The first kappa shape index (κ1) is 31.2. The largest absolute Gasteiger partial charge is 0.476 e. The second kappa shape index (κ2) is 13.3. The summed E-state index contributed by atoms with van der Waals surface area (Å²) >= 11 is 0. The van der Waals surface area contributed by atoms with Gasteiger partial charge in [-0.05, 0) is 29.8 Å². The quantitative estimate of drug-likeness (QED) is 0.136. The van der Waals surface area contributed by atoms with Crippen molar-refractivity contribution in [2.24, 2.45) is 0 Å². The van der Waals surface area contributed by atoms with Crippen LogP contribution in [0.1, 0.15) is 18.9 Å². The maximum absolute atomic E-state index is 12.3. The number of benzene rings is 2. The molecule has 0 spiro atoms. The summed E-state index contributed by atoms with van der Waals surface area (Å²) in [6.45, 7) is 0.00311. The average molecular weight is 580 g/mol. The van der Waals surface area contributed by atoms with Gasteiger partial charge in [-0.1, -0.05) is 12.1 Å². The Kier molecular flexibility index (Phi) is 10.1. The molecule has 7 N–H and O–H groups in total. The van der Waals surface area contributed by atoms with Crippen LogP contribution in [0.3, 0.4) is 0 Å². The molecule has 0 aliphatic carbocycles. The van der Waals surface area contributed by atoms with Gasteiger partial charge in [0.2, 0.25) is 5.91 Å². The summed E-state index contributed by atoms with van der Waals surface area (Å²) in [4.78, 5) is 46.1. The van der Waals surface area contributed by atoms with Crippen molar-refractivity contribution in [1.29, 1.82) is 0 Å². The van der Waals surface area contributed by atoms with Gasteiger partial charge < -0.3 is 45.1 Å². The molecule has 0 saturated carbocycles. The molecule has 3 rings (SSSR count). The molecule has 16 heteroatoms.